The maximum absolute atomic E-state index is 13.5. The van der Waals surface area contributed by atoms with E-state index in [0.717, 1.165) is 30.5 Å². The molecule has 1 aliphatic heterocycles. The van der Waals surface area contributed by atoms with E-state index < -0.39 is 0 Å². The summed E-state index contributed by atoms with van der Waals surface area (Å²) in [5.74, 6) is 1.47. The van der Waals surface area contributed by atoms with Gasteiger partial charge in [-0.25, -0.2) is 4.39 Å². The summed E-state index contributed by atoms with van der Waals surface area (Å²) >= 11 is 0. The first kappa shape index (κ1) is 20.7. The number of rotatable bonds is 7. The number of halogens is 1. The summed E-state index contributed by atoms with van der Waals surface area (Å²) in [6.45, 7) is 11.1. The highest BCUT2D eigenvalue weighted by Crippen LogP contribution is 2.24. The van der Waals surface area contributed by atoms with E-state index in [2.05, 4.69) is 43.4 Å². The Morgan fingerprint density at radius 2 is 2.00 bits per heavy atom. The molecular formula is C21H35FN4. The van der Waals surface area contributed by atoms with Crippen LogP contribution in [0.4, 0.5) is 4.39 Å². The molecule has 0 aliphatic carbocycles. The third kappa shape index (κ3) is 6.60. The van der Waals surface area contributed by atoms with Crippen molar-refractivity contribution in [2.45, 2.75) is 45.4 Å². The summed E-state index contributed by atoms with van der Waals surface area (Å²) in [5, 5.41) is 6.79. The van der Waals surface area contributed by atoms with Gasteiger partial charge in [0.15, 0.2) is 5.96 Å². The molecule has 5 heteroatoms. The van der Waals surface area contributed by atoms with Gasteiger partial charge in [-0.05, 0) is 69.9 Å². The maximum Gasteiger partial charge on any atom is 0.191 e. The normalized spacial score (nSPS) is 17.3. The molecule has 0 saturated carbocycles. The zero-order chi connectivity index (χ0) is 19.0. The monoisotopic (exact) mass is 362 g/mol. The molecule has 0 unspecified atom stereocenters. The van der Waals surface area contributed by atoms with Crippen LogP contribution in [0.1, 0.15) is 45.6 Å². The first-order chi connectivity index (χ1) is 12.4. The molecule has 1 aliphatic rings. The molecule has 4 nitrogen and oxygen atoms in total. The van der Waals surface area contributed by atoms with Gasteiger partial charge in [0, 0.05) is 18.5 Å². The lowest BCUT2D eigenvalue weighted by Crippen LogP contribution is -2.40. The highest BCUT2D eigenvalue weighted by atomic mass is 19.1. The first-order valence-corrected chi connectivity index (χ1v) is 9.87. The summed E-state index contributed by atoms with van der Waals surface area (Å²) in [7, 11) is 2.20. The first-order valence-electron chi connectivity index (χ1n) is 9.87. The predicted octanol–water partition coefficient (Wildman–Crippen LogP) is 3.39. The van der Waals surface area contributed by atoms with Crippen LogP contribution < -0.4 is 10.6 Å². The number of hydrogen-bond donors (Lipinski definition) is 2. The van der Waals surface area contributed by atoms with Crippen molar-refractivity contribution < 1.29 is 4.39 Å². The standard InChI is InChI=1S/C21H35FN4/c1-5-23-20(24-12-9-17-10-13-26(4)14-11-17)25-16-21(2,3)18-7-6-8-19(22)15-18/h6-8,15,17H,5,9-14,16H2,1-4H3,(H2,23,24,25). The molecule has 1 heterocycles. The average molecular weight is 363 g/mol. The van der Waals surface area contributed by atoms with E-state index in [1.165, 1.54) is 38.4 Å². The fraction of sp³-hybridized carbons (Fsp3) is 0.667. The zero-order valence-electron chi connectivity index (χ0n) is 16.8. The molecule has 0 radical (unpaired) electrons. The molecule has 1 saturated heterocycles. The van der Waals surface area contributed by atoms with E-state index in [1.807, 2.05) is 6.07 Å². The highest BCUT2D eigenvalue weighted by molar-refractivity contribution is 5.79. The molecule has 1 aromatic carbocycles. The van der Waals surface area contributed by atoms with Crippen LogP contribution in [0.2, 0.25) is 0 Å². The molecule has 2 N–H and O–H groups in total. The Hall–Kier alpha value is -1.62. The van der Waals surface area contributed by atoms with Gasteiger partial charge >= 0.3 is 0 Å². The molecule has 146 valence electrons. The van der Waals surface area contributed by atoms with Crippen molar-refractivity contribution in [3.05, 3.63) is 35.6 Å². The molecule has 1 fully saturated rings. The summed E-state index contributed by atoms with van der Waals surface area (Å²) < 4.78 is 13.5. The third-order valence-electron chi connectivity index (χ3n) is 5.27. The Labute approximate surface area is 158 Å². The number of piperidine rings is 1. The van der Waals surface area contributed by atoms with E-state index >= 15 is 0 Å². The molecular weight excluding hydrogens is 327 g/mol. The Balaban J connectivity index is 1.87. The number of benzene rings is 1. The number of likely N-dealkylation sites (tertiary alicyclic amines) is 1. The lowest BCUT2D eigenvalue weighted by molar-refractivity contribution is 0.213. The summed E-state index contributed by atoms with van der Waals surface area (Å²) in [6.07, 6.45) is 3.77. The van der Waals surface area contributed by atoms with Crippen molar-refractivity contribution in [2.24, 2.45) is 10.9 Å². The molecule has 0 atom stereocenters. The highest BCUT2D eigenvalue weighted by Gasteiger charge is 2.21. The quantitative estimate of drug-likeness (QED) is 0.577. The van der Waals surface area contributed by atoms with Gasteiger partial charge in [0.2, 0.25) is 0 Å². The van der Waals surface area contributed by atoms with Crippen LogP contribution >= 0.6 is 0 Å². The van der Waals surface area contributed by atoms with Crippen molar-refractivity contribution in [2.75, 3.05) is 39.8 Å². The van der Waals surface area contributed by atoms with E-state index in [1.54, 1.807) is 12.1 Å². The minimum absolute atomic E-state index is 0.192. The minimum Gasteiger partial charge on any atom is -0.357 e. The molecule has 26 heavy (non-hydrogen) atoms. The van der Waals surface area contributed by atoms with Crippen LogP contribution in [-0.2, 0) is 5.41 Å². The van der Waals surface area contributed by atoms with Crippen LogP contribution in [0.25, 0.3) is 0 Å². The smallest absolute Gasteiger partial charge is 0.191 e. The number of nitrogens with zero attached hydrogens (tertiary/aromatic N) is 2. The van der Waals surface area contributed by atoms with Crippen molar-refractivity contribution in [1.29, 1.82) is 0 Å². The van der Waals surface area contributed by atoms with E-state index in [9.17, 15) is 4.39 Å². The number of nitrogens with one attached hydrogen (secondary N) is 2. The van der Waals surface area contributed by atoms with Gasteiger partial charge in [-0.1, -0.05) is 26.0 Å². The molecule has 2 rings (SSSR count). The van der Waals surface area contributed by atoms with E-state index in [0.29, 0.717) is 6.54 Å². The summed E-state index contributed by atoms with van der Waals surface area (Å²) in [6, 6.07) is 6.83. The Morgan fingerprint density at radius 3 is 2.65 bits per heavy atom. The van der Waals surface area contributed by atoms with Crippen molar-refractivity contribution in [1.82, 2.24) is 15.5 Å². The number of aliphatic imine (C=N–C) groups is 1. The van der Waals surface area contributed by atoms with Crippen molar-refractivity contribution >= 4 is 5.96 Å². The second-order valence-corrected chi connectivity index (χ2v) is 8.05. The molecule has 0 bridgehead atoms. The average Bonchev–Trinajstić information content (AvgIpc) is 2.61. The Morgan fingerprint density at radius 1 is 1.27 bits per heavy atom. The number of hydrogen-bond acceptors (Lipinski definition) is 2. The Kier molecular flexibility index (Phi) is 7.88. The van der Waals surface area contributed by atoms with Gasteiger partial charge in [0.1, 0.15) is 5.82 Å². The molecule has 0 aromatic heterocycles. The van der Waals surface area contributed by atoms with E-state index in [4.69, 9.17) is 4.99 Å². The largest absolute Gasteiger partial charge is 0.357 e. The lowest BCUT2D eigenvalue weighted by Gasteiger charge is -2.29. The fourth-order valence-electron chi connectivity index (χ4n) is 3.36. The van der Waals surface area contributed by atoms with Gasteiger partial charge < -0.3 is 15.5 Å². The van der Waals surface area contributed by atoms with Gasteiger partial charge in [0.05, 0.1) is 6.54 Å². The van der Waals surface area contributed by atoms with Crippen LogP contribution in [0, 0.1) is 11.7 Å². The summed E-state index contributed by atoms with van der Waals surface area (Å²) in [5.41, 5.74) is 0.765. The minimum atomic E-state index is -0.210. The lowest BCUT2D eigenvalue weighted by atomic mass is 9.85. The van der Waals surface area contributed by atoms with Gasteiger partial charge in [-0.3, -0.25) is 4.99 Å². The van der Waals surface area contributed by atoms with Crippen LogP contribution in [0.5, 0.6) is 0 Å². The molecule has 0 amide bonds. The molecule has 0 spiro atoms. The summed E-state index contributed by atoms with van der Waals surface area (Å²) in [4.78, 5) is 7.16. The Bertz CT molecular complexity index is 577. The van der Waals surface area contributed by atoms with Gasteiger partial charge in [0.25, 0.3) is 0 Å². The van der Waals surface area contributed by atoms with Crippen LogP contribution in [0.3, 0.4) is 0 Å². The van der Waals surface area contributed by atoms with Crippen molar-refractivity contribution in [3.8, 4) is 0 Å². The van der Waals surface area contributed by atoms with Crippen molar-refractivity contribution in [3.63, 3.8) is 0 Å². The van der Waals surface area contributed by atoms with Crippen LogP contribution in [0.15, 0.2) is 29.3 Å². The van der Waals surface area contributed by atoms with E-state index in [-0.39, 0.29) is 11.2 Å². The molecule has 1 aromatic rings. The fourth-order valence-corrected chi connectivity index (χ4v) is 3.36. The second-order valence-electron chi connectivity index (χ2n) is 8.05. The zero-order valence-corrected chi connectivity index (χ0v) is 16.8. The predicted molar refractivity (Wildman–Crippen MR) is 108 cm³/mol. The van der Waals surface area contributed by atoms with Gasteiger partial charge in [-0.2, -0.15) is 0 Å². The third-order valence-corrected chi connectivity index (χ3v) is 5.27. The second kappa shape index (κ2) is 9.91. The maximum atomic E-state index is 13.5. The van der Waals surface area contributed by atoms with Gasteiger partial charge in [-0.15, -0.1) is 0 Å². The SMILES string of the molecule is CCNC(=NCC(C)(C)c1cccc(F)c1)NCCC1CCN(C)CC1. The topological polar surface area (TPSA) is 39.7 Å². The van der Waals surface area contributed by atoms with Crippen LogP contribution in [-0.4, -0.2) is 50.6 Å². The number of guanidine groups is 1.